The maximum atomic E-state index is 11.4. The summed E-state index contributed by atoms with van der Waals surface area (Å²) in [5.74, 6) is 2.29. The molecule has 6 nitrogen and oxygen atoms in total. The maximum Gasteiger partial charge on any atom is 0.230 e. The number of nitrogens with zero attached hydrogens (tertiary/aromatic N) is 3. The van der Waals surface area contributed by atoms with Gasteiger partial charge < -0.3 is 4.42 Å². The quantitative estimate of drug-likeness (QED) is 0.773. The van der Waals surface area contributed by atoms with Crippen LogP contribution in [0.2, 0.25) is 0 Å². The largest absolute Gasteiger partial charge is 0.424 e. The van der Waals surface area contributed by atoms with Gasteiger partial charge in [0.05, 0.1) is 18.1 Å². The van der Waals surface area contributed by atoms with Crippen LogP contribution < -0.4 is 0 Å². The first-order valence-corrected chi connectivity index (χ1v) is 8.51. The third-order valence-electron chi connectivity index (χ3n) is 3.46. The molecule has 7 heteroatoms. The standard InChI is InChI=1S/C12H21N3O3S/c1-3-11-13-14-12(18-11)8-15(2)6-4-10-5-7-19(16,17)9-10/h10H,3-9H2,1-2H3/t10-/m1/s1. The predicted molar refractivity (Wildman–Crippen MR) is 71.4 cm³/mol. The van der Waals surface area contributed by atoms with E-state index in [0.29, 0.717) is 35.7 Å². The molecule has 0 aliphatic carbocycles. The van der Waals surface area contributed by atoms with Gasteiger partial charge in [-0.2, -0.15) is 0 Å². The Labute approximate surface area is 114 Å². The first-order chi connectivity index (χ1) is 8.98. The SMILES string of the molecule is CCc1nnc(CN(C)CC[C@@H]2CCS(=O)(=O)C2)o1. The van der Waals surface area contributed by atoms with Gasteiger partial charge in [-0.1, -0.05) is 6.92 Å². The Bertz CT molecular complexity index is 512. The predicted octanol–water partition coefficient (Wildman–Crippen LogP) is 0.889. The van der Waals surface area contributed by atoms with E-state index < -0.39 is 9.84 Å². The van der Waals surface area contributed by atoms with Crippen LogP contribution in [-0.4, -0.2) is 48.6 Å². The van der Waals surface area contributed by atoms with Crippen molar-refractivity contribution >= 4 is 9.84 Å². The van der Waals surface area contributed by atoms with Crippen molar-refractivity contribution in [2.24, 2.45) is 5.92 Å². The molecule has 0 unspecified atom stereocenters. The molecule has 1 atom stereocenters. The molecule has 19 heavy (non-hydrogen) atoms. The number of aryl methyl sites for hydroxylation is 1. The van der Waals surface area contributed by atoms with E-state index in [9.17, 15) is 8.42 Å². The van der Waals surface area contributed by atoms with Crippen LogP contribution in [0.5, 0.6) is 0 Å². The van der Waals surface area contributed by atoms with Gasteiger partial charge in [0.1, 0.15) is 0 Å². The Balaban J connectivity index is 1.74. The van der Waals surface area contributed by atoms with E-state index in [1.807, 2.05) is 14.0 Å². The van der Waals surface area contributed by atoms with Crippen molar-refractivity contribution in [1.29, 1.82) is 0 Å². The van der Waals surface area contributed by atoms with E-state index in [1.54, 1.807) is 0 Å². The summed E-state index contributed by atoms with van der Waals surface area (Å²) >= 11 is 0. The van der Waals surface area contributed by atoms with Crippen LogP contribution >= 0.6 is 0 Å². The summed E-state index contributed by atoms with van der Waals surface area (Å²) in [5, 5.41) is 7.90. The molecule has 0 spiro atoms. The molecule has 0 radical (unpaired) electrons. The van der Waals surface area contributed by atoms with Crippen LogP contribution in [0.1, 0.15) is 31.5 Å². The Hall–Kier alpha value is -0.950. The smallest absolute Gasteiger partial charge is 0.230 e. The summed E-state index contributed by atoms with van der Waals surface area (Å²) < 4.78 is 28.2. The van der Waals surface area contributed by atoms with E-state index in [-0.39, 0.29) is 0 Å². The summed E-state index contributed by atoms with van der Waals surface area (Å²) in [4.78, 5) is 2.10. The second-order valence-corrected chi connectivity index (χ2v) is 7.47. The van der Waals surface area contributed by atoms with Gasteiger partial charge in [0, 0.05) is 6.42 Å². The van der Waals surface area contributed by atoms with Gasteiger partial charge in [-0.25, -0.2) is 8.42 Å². The molecular formula is C12H21N3O3S. The minimum atomic E-state index is -2.76. The summed E-state index contributed by atoms with van der Waals surface area (Å²) in [7, 11) is -0.776. The van der Waals surface area contributed by atoms with Gasteiger partial charge in [-0.05, 0) is 32.4 Å². The molecule has 2 rings (SSSR count). The van der Waals surface area contributed by atoms with E-state index >= 15 is 0 Å². The Morgan fingerprint density at radius 3 is 2.68 bits per heavy atom. The van der Waals surface area contributed by atoms with Gasteiger partial charge in [0.2, 0.25) is 11.8 Å². The third-order valence-corrected chi connectivity index (χ3v) is 5.30. The second-order valence-electron chi connectivity index (χ2n) is 5.24. The zero-order valence-corrected chi connectivity index (χ0v) is 12.3. The molecule has 1 saturated heterocycles. The summed E-state index contributed by atoms with van der Waals surface area (Å²) in [6.07, 6.45) is 2.46. The Morgan fingerprint density at radius 1 is 1.37 bits per heavy atom. The highest BCUT2D eigenvalue weighted by Crippen LogP contribution is 2.21. The highest BCUT2D eigenvalue weighted by molar-refractivity contribution is 7.91. The van der Waals surface area contributed by atoms with Crippen LogP contribution in [0.25, 0.3) is 0 Å². The summed E-state index contributed by atoms with van der Waals surface area (Å²) in [6, 6.07) is 0. The lowest BCUT2D eigenvalue weighted by atomic mass is 10.1. The van der Waals surface area contributed by atoms with Crippen LogP contribution in [0, 0.1) is 5.92 Å². The van der Waals surface area contributed by atoms with E-state index in [0.717, 1.165) is 25.8 Å². The molecule has 1 aliphatic rings. The van der Waals surface area contributed by atoms with Crippen LogP contribution in [0.3, 0.4) is 0 Å². The molecule has 0 aromatic carbocycles. The van der Waals surface area contributed by atoms with Crippen molar-refractivity contribution < 1.29 is 12.8 Å². The highest BCUT2D eigenvalue weighted by atomic mass is 32.2. The maximum absolute atomic E-state index is 11.4. The topological polar surface area (TPSA) is 76.3 Å². The second kappa shape index (κ2) is 6.00. The number of aromatic nitrogens is 2. The lowest BCUT2D eigenvalue weighted by Crippen LogP contribution is -2.22. The fourth-order valence-corrected chi connectivity index (χ4v) is 4.22. The van der Waals surface area contributed by atoms with Crippen molar-refractivity contribution in [3.8, 4) is 0 Å². The van der Waals surface area contributed by atoms with Crippen molar-refractivity contribution in [1.82, 2.24) is 15.1 Å². The minimum absolute atomic E-state index is 0.307. The van der Waals surface area contributed by atoms with Crippen molar-refractivity contribution in [3.05, 3.63) is 11.8 Å². The number of rotatable bonds is 6. The van der Waals surface area contributed by atoms with E-state index in [1.165, 1.54) is 0 Å². The summed E-state index contributed by atoms with van der Waals surface area (Å²) in [5.41, 5.74) is 0. The zero-order chi connectivity index (χ0) is 13.9. The van der Waals surface area contributed by atoms with Crippen LogP contribution in [0.15, 0.2) is 4.42 Å². The molecule has 2 heterocycles. The third kappa shape index (κ3) is 4.28. The Kier molecular flexibility index (Phi) is 4.57. The Morgan fingerprint density at radius 2 is 2.11 bits per heavy atom. The lowest BCUT2D eigenvalue weighted by Gasteiger charge is -2.16. The van der Waals surface area contributed by atoms with Crippen molar-refractivity contribution in [3.63, 3.8) is 0 Å². The fraction of sp³-hybridized carbons (Fsp3) is 0.833. The average Bonchev–Trinajstić information content (AvgIpc) is 2.93. The summed E-state index contributed by atoms with van der Waals surface area (Å²) in [6.45, 7) is 3.44. The van der Waals surface area contributed by atoms with Gasteiger partial charge in [0.15, 0.2) is 9.84 Å². The van der Waals surface area contributed by atoms with E-state index in [2.05, 4.69) is 15.1 Å². The molecule has 108 valence electrons. The normalized spacial score (nSPS) is 22.2. The number of sulfone groups is 1. The van der Waals surface area contributed by atoms with Gasteiger partial charge in [-0.3, -0.25) is 4.90 Å². The molecule has 0 saturated carbocycles. The van der Waals surface area contributed by atoms with Gasteiger partial charge in [-0.15, -0.1) is 10.2 Å². The number of hydrogen-bond donors (Lipinski definition) is 0. The van der Waals surface area contributed by atoms with Gasteiger partial charge in [0.25, 0.3) is 0 Å². The highest BCUT2D eigenvalue weighted by Gasteiger charge is 2.27. The van der Waals surface area contributed by atoms with Crippen LogP contribution in [-0.2, 0) is 22.8 Å². The first kappa shape index (κ1) is 14.5. The molecule has 0 bridgehead atoms. The molecule has 0 amide bonds. The van der Waals surface area contributed by atoms with Gasteiger partial charge >= 0.3 is 0 Å². The molecule has 0 N–H and O–H groups in total. The zero-order valence-electron chi connectivity index (χ0n) is 11.5. The fourth-order valence-electron chi connectivity index (χ4n) is 2.31. The minimum Gasteiger partial charge on any atom is -0.424 e. The monoisotopic (exact) mass is 287 g/mol. The van der Waals surface area contributed by atoms with Crippen molar-refractivity contribution in [2.45, 2.75) is 32.7 Å². The molecule has 1 fully saturated rings. The molecular weight excluding hydrogens is 266 g/mol. The molecule has 1 aromatic rings. The molecule has 1 aromatic heterocycles. The van der Waals surface area contributed by atoms with Crippen LogP contribution in [0.4, 0.5) is 0 Å². The lowest BCUT2D eigenvalue weighted by molar-refractivity contribution is 0.267. The van der Waals surface area contributed by atoms with Crippen molar-refractivity contribution in [2.75, 3.05) is 25.1 Å². The van der Waals surface area contributed by atoms with E-state index in [4.69, 9.17) is 4.42 Å². The average molecular weight is 287 g/mol. The first-order valence-electron chi connectivity index (χ1n) is 6.68. The molecule has 1 aliphatic heterocycles. The number of hydrogen-bond acceptors (Lipinski definition) is 6.